The standard InChI is InChI=1S/C18H19N3O3/c1-24-16-9-5-8-15(12-16)13-20-21-18(23)17(22)19-11-10-14-6-3-2-4-7-14/h2-9,12-13H,10-11H2,1H3,(H,19,22)(H,21,23). The molecule has 2 aromatic rings. The Bertz CT molecular complexity index is 714. The van der Waals surface area contributed by atoms with E-state index in [1.807, 2.05) is 30.3 Å². The summed E-state index contributed by atoms with van der Waals surface area (Å²) in [5.74, 6) is -0.833. The first-order valence-electron chi connectivity index (χ1n) is 7.48. The van der Waals surface area contributed by atoms with Crippen LogP contribution in [0.1, 0.15) is 11.1 Å². The van der Waals surface area contributed by atoms with Gasteiger partial charge in [0.2, 0.25) is 0 Å². The highest BCUT2D eigenvalue weighted by Crippen LogP contribution is 2.10. The summed E-state index contributed by atoms with van der Waals surface area (Å²) >= 11 is 0. The Morgan fingerprint density at radius 2 is 1.88 bits per heavy atom. The number of nitrogens with one attached hydrogen (secondary N) is 2. The number of ether oxygens (including phenoxy) is 1. The first kappa shape index (κ1) is 17.2. The minimum absolute atomic E-state index is 0.385. The van der Waals surface area contributed by atoms with Gasteiger partial charge in [0.1, 0.15) is 5.75 Å². The van der Waals surface area contributed by atoms with Gasteiger partial charge in [-0.1, -0.05) is 42.5 Å². The quantitative estimate of drug-likeness (QED) is 0.480. The molecule has 0 fully saturated rings. The summed E-state index contributed by atoms with van der Waals surface area (Å²) in [4.78, 5) is 23.3. The van der Waals surface area contributed by atoms with E-state index in [0.717, 1.165) is 11.1 Å². The van der Waals surface area contributed by atoms with Gasteiger partial charge in [-0.3, -0.25) is 9.59 Å². The normalized spacial score (nSPS) is 10.4. The van der Waals surface area contributed by atoms with E-state index in [-0.39, 0.29) is 0 Å². The summed E-state index contributed by atoms with van der Waals surface area (Å²) < 4.78 is 5.09. The summed E-state index contributed by atoms with van der Waals surface area (Å²) in [6.45, 7) is 0.385. The van der Waals surface area contributed by atoms with Gasteiger partial charge in [-0.15, -0.1) is 0 Å². The van der Waals surface area contributed by atoms with Gasteiger partial charge in [0.05, 0.1) is 13.3 Å². The maximum atomic E-state index is 11.7. The molecule has 6 heteroatoms. The van der Waals surface area contributed by atoms with Crippen molar-refractivity contribution in [1.29, 1.82) is 0 Å². The van der Waals surface area contributed by atoms with Gasteiger partial charge < -0.3 is 10.1 Å². The van der Waals surface area contributed by atoms with Crippen LogP contribution in [-0.4, -0.2) is 31.7 Å². The van der Waals surface area contributed by atoms with Crippen molar-refractivity contribution in [3.05, 3.63) is 65.7 Å². The molecule has 0 atom stereocenters. The molecule has 24 heavy (non-hydrogen) atoms. The van der Waals surface area contributed by atoms with Gasteiger partial charge in [-0.2, -0.15) is 5.10 Å². The average molecular weight is 325 g/mol. The second-order valence-electron chi connectivity index (χ2n) is 4.97. The Morgan fingerprint density at radius 1 is 1.08 bits per heavy atom. The second-order valence-corrected chi connectivity index (χ2v) is 4.97. The van der Waals surface area contributed by atoms with E-state index in [2.05, 4.69) is 15.8 Å². The largest absolute Gasteiger partial charge is 0.497 e. The zero-order chi connectivity index (χ0) is 17.2. The summed E-state index contributed by atoms with van der Waals surface area (Å²) in [7, 11) is 1.57. The van der Waals surface area contributed by atoms with Crippen LogP contribution in [0, 0.1) is 0 Å². The number of hydrazone groups is 1. The summed E-state index contributed by atoms with van der Waals surface area (Å²) in [5.41, 5.74) is 4.04. The highest BCUT2D eigenvalue weighted by atomic mass is 16.5. The zero-order valence-corrected chi connectivity index (χ0v) is 13.4. The van der Waals surface area contributed by atoms with E-state index in [4.69, 9.17) is 4.74 Å². The molecular formula is C18H19N3O3. The lowest BCUT2D eigenvalue weighted by Gasteiger charge is -2.04. The van der Waals surface area contributed by atoms with Crippen LogP contribution in [0.25, 0.3) is 0 Å². The molecule has 6 nitrogen and oxygen atoms in total. The Kier molecular flexibility index (Phi) is 6.52. The summed E-state index contributed by atoms with van der Waals surface area (Å²) in [5, 5.41) is 6.32. The number of benzene rings is 2. The molecule has 0 aliphatic heterocycles. The van der Waals surface area contributed by atoms with E-state index in [0.29, 0.717) is 18.7 Å². The second kappa shape index (κ2) is 9.09. The Balaban J connectivity index is 1.75. The van der Waals surface area contributed by atoms with Gasteiger partial charge >= 0.3 is 11.8 Å². The maximum absolute atomic E-state index is 11.7. The molecule has 0 aliphatic rings. The van der Waals surface area contributed by atoms with Crippen molar-refractivity contribution in [2.45, 2.75) is 6.42 Å². The predicted molar refractivity (Wildman–Crippen MR) is 91.9 cm³/mol. The molecule has 2 rings (SSSR count). The fourth-order valence-electron chi connectivity index (χ4n) is 1.98. The number of hydrogen-bond acceptors (Lipinski definition) is 4. The zero-order valence-electron chi connectivity index (χ0n) is 13.4. The van der Waals surface area contributed by atoms with Crippen molar-refractivity contribution >= 4 is 18.0 Å². The van der Waals surface area contributed by atoms with Crippen molar-refractivity contribution < 1.29 is 14.3 Å². The molecule has 0 spiro atoms. The highest BCUT2D eigenvalue weighted by Gasteiger charge is 2.11. The molecular weight excluding hydrogens is 306 g/mol. The van der Waals surface area contributed by atoms with Crippen molar-refractivity contribution in [1.82, 2.24) is 10.7 Å². The Morgan fingerprint density at radius 3 is 2.62 bits per heavy atom. The van der Waals surface area contributed by atoms with Crippen LogP contribution < -0.4 is 15.5 Å². The van der Waals surface area contributed by atoms with E-state index >= 15 is 0 Å². The van der Waals surface area contributed by atoms with Gasteiger partial charge in [0, 0.05) is 6.54 Å². The number of carbonyl (C=O) groups is 2. The molecule has 124 valence electrons. The van der Waals surface area contributed by atoms with Crippen molar-refractivity contribution in [2.75, 3.05) is 13.7 Å². The molecule has 0 heterocycles. The van der Waals surface area contributed by atoms with Gasteiger partial charge in [0.15, 0.2) is 0 Å². The van der Waals surface area contributed by atoms with Crippen LogP contribution in [0.5, 0.6) is 5.75 Å². The fraction of sp³-hybridized carbons (Fsp3) is 0.167. The topological polar surface area (TPSA) is 79.8 Å². The van der Waals surface area contributed by atoms with Crippen LogP contribution in [0.4, 0.5) is 0 Å². The van der Waals surface area contributed by atoms with E-state index in [9.17, 15) is 9.59 Å². The summed E-state index contributed by atoms with van der Waals surface area (Å²) in [6.07, 6.45) is 2.10. The molecule has 0 radical (unpaired) electrons. The molecule has 0 unspecified atom stereocenters. The molecule has 0 bridgehead atoms. The maximum Gasteiger partial charge on any atom is 0.329 e. The van der Waals surface area contributed by atoms with E-state index < -0.39 is 11.8 Å². The van der Waals surface area contributed by atoms with Gasteiger partial charge in [-0.25, -0.2) is 5.43 Å². The lowest BCUT2D eigenvalue weighted by atomic mass is 10.1. The third-order valence-electron chi connectivity index (χ3n) is 3.22. The predicted octanol–water partition coefficient (Wildman–Crippen LogP) is 1.50. The van der Waals surface area contributed by atoms with Crippen LogP contribution in [0.15, 0.2) is 59.7 Å². The van der Waals surface area contributed by atoms with Crippen LogP contribution in [0.3, 0.4) is 0 Å². The third kappa shape index (κ3) is 5.57. The first-order chi connectivity index (χ1) is 11.7. The lowest BCUT2D eigenvalue weighted by molar-refractivity contribution is -0.139. The number of nitrogens with zero attached hydrogens (tertiary/aromatic N) is 1. The molecule has 0 aliphatic carbocycles. The van der Waals surface area contributed by atoms with Gasteiger partial charge in [-0.05, 0) is 29.7 Å². The Labute approximate surface area is 140 Å². The average Bonchev–Trinajstić information content (AvgIpc) is 2.62. The molecule has 2 aromatic carbocycles. The van der Waals surface area contributed by atoms with Crippen molar-refractivity contribution in [2.24, 2.45) is 5.10 Å². The molecule has 0 saturated carbocycles. The SMILES string of the molecule is COc1cccc(C=NNC(=O)C(=O)NCCc2ccccc2)c1. The highest BCUT2D eigenvalue weighted by molar-refractivity contribution is 6.35. The number of methoxy groups -OCH3 is 1. The van der Waals surface area contributed by atoms with E-state index in [1.54, 1.807) is 31.4 Å². The first-order valence-corrected chi connectivity index (χ1v) is 7.48. The number of amides is 2. The number of hydrogen-bond donors (Lipinski definition) is 2. The van der Waals surface area contributed by atoms with E-state index in [1.165, 1.54) is 6.21 Å². The molecule has 0 aromatic heterocycles. The van der Waals surface area contributed by atoms with Crippen LogP contribution in [0.2, 0.25) is 0 Å². The minimum Gasteiger partial charge on any atom is -0.497 e. The van der Waals surface area contributed by atoms with Crippen molar-refractivity contribution in [3.63, 3.8) is 0 Å². The molecule has 2 amide bonds. The minimum atomic E-state index is -0.804. The smallest absolute Gasteiger partial charge is 0.329 e. The van der Waals surface area contributed by atoms with Crippen LogP contribution >= 0.6 is 0 Å². The van der Waals surface area contributed by atoms with Crippen LogP contribution in [-0.2, 0) is 16.0 Å². The lowest BCUT2D eigenvalue weighted by Crippen LogP contribution is -2.38. The van der Waals surface area contributed by atoms with Crippen molar-refractivity contribution in [3.8, 4) is 5.75 Å². The Hall–Kier alpha value is -3.15. The molecule has 2 N–H and O–H groups in total. The number of carbonyl (C=O) groups excluding carboxylic acids is 2. The fourth-order valence-corrected chi connectivity index (χ4v) is 1.98. The monoisotopic (exact) mass is 325 g/mol. The molecule has 0 saturated heterocycles. The number of rotatable bonds is 6. The summed E-state index contributed by atoms with van der Waals surface area (Å²) in [6, 6.07) is 16.9. The van der Waals surface area contributed by atoms with Gasteiger partial charge in [0.25, 0.3) is 0 Å². The third-order valence-corrected chi connectivity index (χ3v) is 3.22.